The molecule has 3 aliphatic rings. The van der Waals surface area contributed by atoms with Crippen molar-refractivity contribution in [3.05, 3.63) is 71.4 Å². The molecule has 2 aromatic carbocycles. The van der Waals surface area contributed by atoms with E-state index in [1.807, 2.05) is 30.3 Å². The second-order valence-electron chi connectivity index (χ2n) is 12.1. The van der Waals surface area contributed by atoms with Crippen LogP contribution in [-0.4, -0.2) is 69.6 Å². The van der Waals surface area contributed by atoms with Gasteiger partial charge in [-0.2, -0.15) is 0 Å². The number of rotatable bonds is 6. The van der Waals surface area contributed by atoms with E-state index in [-0.39, 0.29) is 35.7 Å². The number of carbonyl (C=O) groups is 4. The molecule has 11 heteroatoms. The Morgan fingerprint density at radius 3 is 2.44 bits per heavy atom. The lowest BCUT2D eigenvalue weighted by molar-refractivity contribution is -0.145. The van der Waals surface area contributed by atoms with Gasteiger partial charge in [0.2, 0.25) is 17.7 Å². The van der Waals surface area contributed by atoms with Gasteiger partial charge in [-0.05, 0) is 55.9 Å². The number of alkyl halides is 2. The smallest absolute Gasteiger partial charge is 0.270 e. The van der Waals surface area contributed by atoms with Gasteiger partial charge in [0.1, 0.15) is 17.8 Å². The highest BCUT2D eigenvalue weighted by Crippen LogP contribution is 2.46. The minimum Gasteiger partial charge on any atom is -0.351 e. The number of H-pyrrole nitrogens is 1. The molecule has 3 N–H and O–H groups in total. The third-order valence-corrected chi connectivity index (χ3v) is 9.05. The summed E-state index contributed by atoms with van der Waals surface area (Å²) in [5.74, 6) is -4.50. The number of carbonyl (C=O) groups excluding carboxylic acids is 4. The first-order valence-corrected chi connectivity index (χ1v) is 14.7. The molecule has 3 aromatic rings. The van der Waals surface area contributed by atoms with E-state index in [9.17, 15) is 28.0 Å². The van der Waals surface area contributed by atoms with Crippen molar-refractivity contribution in [1.82, 2.24) is 25.4 Å². The van der Waals surface area contributed by atoms with E-state index in [1.54, 1.807) is 9.80 Å². The summed E-state index contributed by atoms with van der Waals surface area (Å²) in [6.07, 6.45) is 3.27. The van der Waals surface area contributed by atoms with Crippen LogP contribution in [0.2, 0.25) is 0 Å². The van der Waals surface area contributed by atoms with Gasteiger partial charge in [0.15, 0.2) is 0 Å². The third kappa shape index (κ3) is 5.60. The molecular formula is C32H35F2N5O4. The van der Waals surface area contributed by atoms with Gasteiger partial charge in [-0.15, -0.1) is 0 Å². The minimum atomic E-state index is -3.04. The molecule has 1 aliphatic carbocycles. The third-order valence-electron chi connectivity index (χ3n) is 9.05. The summed E-state index contributed by atoms with van der Waals surface area (Å²) in [4.78, 5) is 59.7. The number of halogens is 2. The van der Waals surface area contributed by atoms with Crippen LogP contribution in [0.25, 0.3) is 10.9 Å². The summed E-state index contributed by atoms with van der Waals surface area (Å²) >= 11 is 0. The van der Waals surface area contributed by atoms with Crippen LogP contribution in [0.15, 0.2) is 54.6 Å². The number of fused-ring (bicyclic) bond motifs is 2. The van der Waals surface area contributed by atoms with Crippen LogP contribution in [-0.2, 0) is 25.8 Å². The van der Waals surface area contributed by atoms with Crippen molar-refractivity contribution in [2.24, 2.45) is 0 Å². The fourth-order valence-electron chi connectivity index (χ4n) is 6.48. The summed E-state index contributed by atoms with van der Waals surface area (Å²) in [6, 6.07) is 13.3. The summed E-state index contributed by atoms with van der Waals surface area (Å²) in [5, 5.41) is 6.41. The Bertz CT molecular complexity index is 1580. The first-order chi connectivity index (χ1) is 20.4. The van der Waals surface area contributed by atoms with Crippen molar-refractivity contribution in [2.45, 2.75) is 75.5 Å². The summed E-state index contributed by atoms with van der Waals surface area (Å²) in [5.41, 5.74) is 1.02. The molecule has 2 aliphatic heterocycles. The van der Waals surface area contributed by atoms with Crippen LogP contribution >= 0.6 is 0 Å². The average molecular weight is 592 g/mol. The molecule has 0 bridgehead atoms. The standard InChI is InChI=1S/C32H35F2N5O4/c1-19(40)38-15-12-23-9-11-27(29(42)37-32(13-14-32)21-6-4-3-5-7-21)39(23)30(43)26(18-38)36-28(41)25-17-20-16-22(31(2,33)34)8-10-24(20)35-25/h3-8,10,16-17,23,26-27,35H,9,11-15,18H2,1-2H3,(H,36,41)(H,37,42)/t23-,26+,27+/m1/s1. The lowest BCUT2D eigenvalue weighted by Crippen LogP contribution is -2.61. The first kappa shape index (κ1) is 28.8. The highest BCUT2D eigenvalue weighted by molar-refractivity contribution is 6.01. The van der Waals surface area contributed by atoms with Crippen molar-refractivity contribution in [3.63, 3.8) is 0 Å². The zero-order chi connectivity index (χ0) is 30.5. The molecule has 6 rings (SSSR count). The largest absolute Gasteiger partial charge is 0.351 e. The normalized spacial score (nSPS) is 23.3. The van der Waals surface area contributed by atoms with Crippen LogP contribution in [0, 0.1) is 0 Å². The summed E-state index contributed by atoms with van der Waals surface area (Å²) < 4.78 is 27.7. The Balaban J connectivity index is 1.24. The van der Waals surface area contributed by atoms with Crippen molar-refractivity contribution in [3.8, 4) is 0 Å². The van der Waals surface area contributed by atoms with E-state index in [0.29, 0.717) is 36.7 Å². The van der Waals surface area contributed by atoms with Crippen LogP contribution in [0.1, 0.15) is 67.6 Å². The highest BCUT2D eigenvalue weighted by Gasteiger charge is 2.50. The fourth-order valence-corrected chi connectivity index (χ4v) is 6.48. The van der Waals surface area contributed by atoms with Crippen LogP contribution < -0.4 is 10.6 Å². The van der Waals surface area contributed by atoms with Crippen LogP contribution in [0.4, 0.5) is 8.78 Å². The second-order valence-corrected chi connectivity index (χ2v) is 12.1. The van der Waals surface area contributed by atoms with Gasteiger partial charge in [-0.25, -0.2) is 8.78 Å². The molecular weight excluding hydrogens is 556 g/mol. The van der Waals surface area contributed by atoms with Crippen molar-refractivity contribution < 1.29 is 28.0 Å². The lowest BCUT2D eigenvalue weighted by Gasteiger charge is -2.38. The van der Waals surface area contributed by atoms with Crippen LogP contribution in [0.3, 0.4) is 0 Å². The predicted molar refractivity (Wildman–Crippen MR) is 155 cm³/mol. The zero-order valence-electron chi connectivity index (χ0n) is 24.2. The molecule has 43 heavy (non-hydrogen) atoms. The number of amides is 4. The highest BCUT2D eigenvalue weighted by atomic mass is 19.3. The SMILES string of the molecule is CC(=O)N1CC[C@H]2CC[C@@H](C(=O)NC3(c4ccccc4)CC3)N2C(=O)[C@@H](NC(=O)c2cc3cc(C(C)(F)F)ccc3[nH]2)C1. The van der Waals surface area contributed by atoms with E-state index in [2.05, 4.69) is 15.6 Å². The number of nitrogens with one attached hydrogen (secondary N) is 3. The molecule has 1 aromatic heterocycles. The Kier molecular flexibility index (Phi) is 7.22. The predicted octanol–water partition coefficient (Wildman–Crippen LogP) is 3.80. The summed E-state index contributed by atoms with van der Waals surface area (Å²) in [6.45, 7) is 2.57. The maximum atomic E-state index is 14.1. The quantitative estimate of drug-likeness (QED) is 0.405. The molecule has 1 saturated carbocycles. The van der Waals surface area contributed by atoms with Gasteiger partial charge in [0, 0.05) is 49.4 Å². The van der Waals surface area contributed by atoms with E-state index < -0.39 is 35.4 Å². The van der Waals surface area contributed by atoms with Gasteiger partial charge in [0.25, 0.3) is 11.8 Å². The van der Waals surface area contributed by atoms with Crippen molar-refractivity contribution in [2.75, 3.05) is 13.1 Å². The van der Waals surface area contributed by atoms with Crippen molar-refractivity contribution >= 4 is 34.5 Å². The monoisotopic (exact) mass is 591 g/mol. The fraction of sp³-hybridized carbons (Fsp3) is 0.438. The molecule has 0 unspecified atom stereocenters. The first-order valence-electron chi connectivity index (χ1n) is 14.7. The molecule has 226 valence electrons. The molecule has 4 amide bonds. The molecule has 3 heterocycles. The van der Waals surface area contributed by atoms with E-state index in [0.717, 1.165) is 25.3 Å². The number of hydrogen-bond donors (Lipinski definition) is 3. The molecule has 2 saturated heterocycles. The lowest BCUT2D eigenvalue weighted by atomic mass is 10.0. The average Bonchev–Trinajstić information content (AvgIpc) is 3.42. The number of aromatic nitrogens is 1. The maximum Gasteiger partial charge on any atom is 0.270 e. The number of nitrogens with zero attached hydrogens (tertiary/aromatic N) is 2. The topological polar surface area (TPSA) is 115 Å². The molecule has 3 atom stereocenters. The van der Waals surface area contributed by atoms with Gasteiger partial charge in [-0.1, -0.05) is 36.4 Å². The Hall–Kier alpha value is -4.28. The molecule has 0 radical (unpaired) electrons. The molecule has 0 spiro atoms. The van der Waals surface area contributed by atoms with E-state index in [1.165, 1.54) is 31.2 Å². The van der Waals surface area contributed by atoms with E-state index >= 15 is 0 Å². The van der Waals surface area contributed by atoms with Crippen LogP contribution in [0.5, 0.6) is 0 Å². The number of hydrogen-bond acceptors (Lipinski definition) is 4. The second kappa shape index (κ2) is 10.8. The summed E-state index contributed by atoms with van der Waals surface area (Å²) in [7, 11) is 0. The van der Waals surface area contributed by atoms with Gasteiger partial charge >= 0.3 is 0 Å². The Morgan fingerprint density at radius 1 is 1.02 bits per heavy atom. The minimum absolute atomic E-state index is 0.0438. The molecule has 9 nitrogen and oxygen atoms in total. The number of aromatic amines is 1. The Morgan fingerprint density at radius 2 is 1.77 bits per heavy atom. The number of benzene rings is 2. The zero-order valence-corrected chi connectivity index (χ0v) is 24.2. The van der Waals surface area contributed by atoms with Gasteiger partial charge < -0.3 is 25.4 Å². The van der Waals surface area contributed by atoms with Gasteiger partial charge in [0.05, 0.1) is 5.54 Å². The van der Waals surface area contributed by atoms with Gasteiger partial charge in [-0.3, -0.25) is 19.2 Å². The Labute approximate surface area is 248 Å². The maximum absolute atomic E-state index is 14.1. The van der Waals surface area contributed by atoms with E-state index in [4.69, 9.17) is 0 Å². The van der Waals surface area contributed by atoms with Crippen molar-refractivity contribution in [1.29, 1.82) is 0 Å². The molecule has 3 fully saturated rings.